The number of rotatable bonds is 6. The number of para-hydroxylation sites is 1. The zero-order valence-electron chi connectivity index (χ0n) is 24.5. The van der Waals surface area contributed by atoms with E-state index in [-0.39, 0.29) is 32.5 Å². The van der Waals surface area contributed by atoms with Crippen LogP contribution >= 0.6 is 0 Å². The van der Waals surface area contributed by atoms with Gasteiger partial charge in [0.1, 0.15) is 30.8 Å². The molecule has 0 aliphatic carbocycles. The number of carbonyl (C=O) groups excluding carboxylic acids is 5. The number of hydrogen-bond donors (Lipinski definition) is 5. The lowest BCUT2D eigenvalue weighted by molar-refractivity contribution is -0.143. The Morgan fingerprint density at radius 3 is 2.26 bits per heavy atom. The molecule has 5 N–H and O–H groups in total. The highest BCUT2D eigenvalue weighted by Gasteiger charge is 2.32. The van der Waals surface area contributed by atoms with Gasteiger partial charge in [-0.3, -0.25) is 24.0 Å². The summed E-state index contributed by atoms with van der Waals surface area (Å²) in [7, 11) is 1.37. The topological polar surface area (TPSA) is 162 Å². The highest BCUT2D eigenvalue weighted by Crippen LogP contribution is 2.19. The smallest absolute Gasteiger partial charge is 0.249 e. The minimum absolute atomic E-state index is 0.00420. The first-order valence-electron chi connectivity index (χ1n) is 14.2. The highest BCUT2D eigenvalue weighted by molar-refractivity contribution is 5.96. The van der Waals surface area contributed by atoms with Crippen molar-refractivity contribution in [2.75, 3.05) is 26.8 Å². The summed E-state index contributed by atoms with van der Waals surface area (Å²) in [6.45, 7) is 2.83. The Kier molecular flexibility index (Phi) is 10.5. The molecule has 12 heteroatoms. The van der Waals surface area contributed by atoms with E-state index < -0.39 is 53.7 Å². The van der Waals surface area contributed by atoms with Gasteiger partial charge in [0.05, 0.1) is 0 Å². The Morgan fingerprint density at radius 1 is 0.837 bits per heavy atom. The minimum atomic E-state index is -1.06. The van der Waals surface area contributed by atoms with Crippen LogP contribution in [0.4, 0.5) is 0 Å². The molecule has 2 heterocycles. The summed E-state index contributed by atoms with van der Waals surface area (Å²) in [5, 5.41) is 11.9. The zero-order chi connectivity index (χ0) is 30.9. The average molecular weight is 591 g/mol. The van der Waals surface area contributed by atoms with Gasteiger partial charge in [0.25, 0.3) is 0 Å². The third-order valence-corrected chi connectivity index (χ3v) is 7.49. The van der Waals surface area contributed by atoms with Crippen molar-refractivity contribution >= 4 is 40.4 Å². The van der Waals surface area contributed by atoms with E-state index in [4.69, 9.17) is 4.74 Å². The maximum Gasteiger partial charge on any atom is 0.249 e. The fourth-order valence-electron chi connectivity index (χ4n) is 5.06. The molecule has 2 aromatic carbocycles. The minimum Gasteiger partial charge on any atom is -0.375 e. The second kappa shape index (κ2) is 14.5. The first-order valence-corrected chi connectivity index (χ1v) is 14.2. The number of ether oxygens (including phenoxy) is 1. The lowest BCUT2D eigenvalue weighted by Crippen LogP contribution is -2.57. The quantitative estimate of drug-likeness (QED) is 0.280. The van der Waals surface area contributed by atoms with E-state index in [9.17, 15) is 24.0 Å². The van der Waals surface area contributed by atoms with Gasteiger partial charge in [-0.25, -0.2) is 0 Å². The number of methoxy groups -OCH3 is 1. The summed E-state index contributed by atoms with van der Waals surface area (Å²) in [5.74, 6) is -2.61. The van der Waals surface area contributed by atoms with Crippen molar-refractivity contribution < 1.29 is 28.7 Å². The number of fused-ring (bicyclic) bond motifs is 1. The number of amides is 5. The van der Waals surface area contributed by atoms with Crippen molar-refractivity contribution in [2.24, 2.45) is 0 Å². The zero-order valence-corrected chi connectivity index (χ0v) is 24.5. The van der Waals surface area contributed by atoms with Gasteiger partial charge in [0.15, 0.2) is 0 Å². The molecule has 1 aromatic heterocycles. The van der Waals surface area contributed by atoms with E-state index in [1.165, 1.54) is 18.9 Å². The van der Waals surface area contributed by atoms with Crippen LogP contribution in [0.15, 0.2) is 60.8 Å². The number of aromatic nitrogens is 1. The van der Waals surface area contributed by atoms with E-state index >= 15 is 0 Å². The van der Waals surface area contributed by atoms with Crippen LogP contribution in [0.1, 0.15) is 25.0 Å². The predicted molar refractivity (Wildman–Crippen MR) is 160 cm³/mol. The molecule has 4 rings (SSSR count). The molecule has 1 aliphatic heterocycles. The first kappa shape index (κ1) is 31.2. The molecule has 1 aliphatic rings. The van der Waals surface area contributed by atoms with Crippen LogP contribution in [0.5, 0.6) is 0 Å². The third-order valence-electron chi connectivity index (χ3n) is 7.49. The van der Waals surface area contributed by atoms with Crippen LogP contribution in [0.25, 0.3) is 10.9 Å². The molecule has 0 saturated carbocycles. The molecule has 1 saturated heterocycles. The second-order valence-electron chi connectivity index (χ2n) is 10.6. The van der Waals surface area contributed by atoms with Crippen LogP contribution in [0, 0.1) is 0 Å². The third kappa shape index (κ3) is 7.98. The lowest BCUT2D eigenvalue weighted by Gasteiger charge is -2.30. The van der Waals surface area contributed by atoms with Gasteiger partial charge in [-0.05, 0) is 31.0 Å². The van der Waals surface area contributed by atoms with Gasteiger partial charge in [-0.2, -0.15) is 0 Å². The number of H-pyrrole nitrogens is 1. The Balaban J connectivity index is 1.64. The van der Waals surface area contributed by atoms with E-state index in [0.717, 1.165) is 22.0 Å². The molecule has 228 valence electrons. The van der Waals surface area contributed by atoms with Crippen molar-refractivity contribution in [1.82, 2.24) is 31.2 Å². The Hall–Kier alpha value is -4.71. The van der Waals surface area contributed by atoms with Gasteiger partial charge in [0, 0.05) is 50.1 Å². The summed E-state index contributed by atoms with van der Waals surface area (Å²) < 4.78 is 5.02. The van der Waals surface area contributed by atoms with E-state index in [1.54, 1.807) is 13.1 Å². The Labute approximate surface area is 249 Å². The second-order valence-corrected chi connectivity index (χ2v) is 10.6. The molecular weight excluding hydrogens is 552 g/mol. The normalized spacial score (nSPS) is 22.5. The van der Waals surface area contributed by atoms with Gasteiger partial charge >= 0.3 is 0 Å². The van der Waals surface area contributed by atoms with Crippen molar-refractivity contribution in [3.63, 3.8) is 0 Å². The van der Waals surface area contributed by atoms with Gasteiger partial charge in [-0.1, -0.05) is 48.5 Å². The van der Waals surface area contributed by atoms with Crippen LogP contribution in [0.2, 0.25) is 0 Å². The van der Waals surface area contributed by atoms with Crippen LogP contribution in [-0.4, -0.2) is 90.4 Å². The van der Waals surface area contributed by atoms with Crippen LogP contribution in [0.3, 0.4) is 0 Å². The molecule has 0 bridgehead atoms. The van der Waals surface area contributed by atoms with E-state index in [2.05, 4.69) is 26.3 Å². The lowest BCUT2D eigenvalue weighted by atomic mass is 10.0. The van der Waals surface area contributed by atoms with Gasteiger partial charge < -0.3 is 35.9 Å². The molecule has 4 atom stereocenters. The number of nitrogens with one attached hydrogen (secondary N) is 5. The summed E-state index contributed by atoms with van der Waals surface area (Å²) in [4.78, 5) is 70.9. The fraction of sp³-hybridized carbons (Fsp3) is 0.387. The molecule has 5 amide bonds. The van der Waals surface area contributed by atoms with Gasteiger partial charge in [-0.15, -0.1) is 0 Å². The molecule has 12 nitrogen and oxygen atoms in total. The molecule has 43 heavy (non-hydrogen) atoms. The largest absolute Gasteiger partial charge is 0.375 e. The fourth-order valence-corrected chi connectivity index (χ4v) is 5.06. The predicted octanol–water partition coefficient (Wildman–Crippen LogP) is 0.421. The van der Waals surface area contributed by atoms with Crippen LogP contribution in [-0.2, 0) is 41.6 Å². The number of aromatic amines is 1. The number of carbonyl (C=O) groups is 5. The molecule has 1 fully saturated rings. The van der Waals surface area contributed by atoms with E-state index in [0.29, 0.717) is 0 Å². The average Bonchev–Trinajstić information content (AvgIpc) is 3.40. The number of hydrogen-bond acceptors (Lipinski definition) is 6. The summed E-state index contributed by atoms with van der Waals surface area (Å²) in [6.07, 6.45) is 2.12. The Morgan fingerprint density at radius 2 is 1.51 bits per heavy atom. The monoisotopic (exact) mass is 590 g/mol. The van der Waals surface area contributed by atoms with Crippen LogP contribution < -0.4 is 21.3 Å². The van der Waals surface area contributed by atoms with Crippen molar-refractivity contribution in [3.05, 3.63) is 71.9 Å². The molecule has 3 aromatic rings. The van der Waals surface area contributed by atoms with Crippen molar-refractivity contribution in [1.29, 1.82) is 0 Å². The van der Waals surface area contributed by atoms with Crippen molar-refractivity contribution in [3.8, 4) is 0 Å². The summed E-state index contributed by atoms with van der Waals surface area (Å²) in [6, 6.07) is 12.8. The van der Waals surface area contributed by atoms with Gasteiger partial charge in [0.2, 0.25) is 29.5 Å². The molecular formula is C31H38N6O6. The molecule has 0 radical (unpaired) electrons. The molecule has 0 spiro atoms. The number of nitrogens with zero attached hydrogens (tertiary/aromatic N) is 1. The first-order chi connectivity index (χ1) is 20.7. The Bertz CT molecular complexity index is 1460. The van der Waals surface area contributed by atoms with E-state index in [1.807, 2.05) is 54.6 Å². The maximum absolute atomic E-state index is 13.6. The maximum atomic E-state index is 13.6. The standard InChI is InChI=1S/C31H38N6O6/c1-19-28(39)35-25(15-21-9-5-4-6-10-21)30(41)32-13-14-37(27(38)18-43-3)20(2)29(40)36-26(31(42)34-19)16-22-17-33-24-12-8-7-11-23(22)24/h4-12,17,19-20,25-26,33H,13-16,18H2,1-3H3,(H,32,41)(H,34,42)(H,35,39)(H,36,40)/t19-,20+,25-,26+/m0/s1. The summed E-state index contributed by atoms with van der Waals surface area (Å²) in [5.41, 5.74) is 2.50. The highest BCUT2D eigenvalue weighted by atomic mass is 16.5. The number of benzene rings is 2. The molecule has 0 unspecified atom stereocenters. The van der Waals surface area contributed by atoms with Crippen molar-refractivity contribution in [2.45, 2.75) is 50.9 Å². The summed E-state index contributed by atoms with van der Waals surface area (Å²) >= 11 is 0. The SMILES string of the molecule is COCC(=O)N1CCNC(=O)[C@H](Cc2ccccc2)NC(=O)[C@H](C)NC(=O)[C@@H](Cc2c[nH]c3ccccc23)NC(=O)[C@H]1C.